The molecule has 0 aliphatic heterocycles. The number of aryl methyl sites for hydroxylation is 2. The minimum absolute atomic E-state index is 0.252. The van der Waals surface area contributed by atoms with Crippen molar-refractivity contribution in [3.05, 3.63) is 65.5 Å². The quantitative estimate of drug-likeness (QED) is 0.613. The summed E-state index contributed by atoms with van der Waals surface area (Å²) in [5.41, 5.74) is 5.05. The fraction of sp³-hybridized carbons (Fsp3) is 0.118. The molecule has 1 nitrogen and oxygen atoms in total. The molecule has 0 saturated carbocycles. The highest BCUT2D eigenvalue weighted by Gasteiger charge is 2.04. The van der Waals surface area contributed by atoms with Crippen molar-refractivity contribution in [1.29, 1.82) is 0 Å². The summed E-state index contributed by atoms with van der Waals surface area (Å²) in [6, 6.07) is 15.0. The van der Waals surface area contributed by atoms with E-state index < -0.39 is 0 Å². The fourth-order valence-corrected chi connectivity index (χ4v) is 2.37. The number of benzene rings is 2. The van der Waals surface area contributed by atoms with Gasteiger partial charge in [0.2, 0.25) is 0 Å². The van der Waals surface area contributed by atoms with Gasteiger partial charge in [-0.25, -0.2) is 9.37 Å². The topological polar surface area (TPSA) is 12.9 Å². The number of nitrogens with zero attached hydrogens (tertiary/aromatic N) is 1. The Hall–Kier alpha value is -2.22. The third kappa shape index (κ3) is 2.34. The minimum atomic E-state index is -0.252. The van der Waals surface area contributed by atoms with Crippen LogP contribution < -0.4 is 0 Å². The second-order valence-electron chi connectivity index (χ2n) is 4.91. The largest absolute Gasteiger partial charge is 0.248 e. The van der Waals surface area contributed by atoms with E-state index in [1.165, 1.54) is 23.3 Å². The Morgan fingerprint density at radius 2 is 1.53 bits per heavy atom. The summed E-state index contributed by atoms with van der Waals surface area (Å²) >= 11 is 0. The zero-order valence-corrected chi connectivity index (χ0v) is 10.9. The highest BCUT2D eigenvalue weighted by atomic mass is 19.1. The van der Waals surface area contributed by atoms with E-state index in [1.54, 1.807) is 6.07 Å². The predicted molar refractivity (Wildman–Crippen MR) is 76.6 cm³/mol. The molecule has 19 heavy (non-hydrogen) atoms. The summed E-state index contributed by atoms with van der Waals surface area (Å²) in [4.78, 5) is 4.55. The molecule has 2 aromatic carbocycles. The van der Waals surface area contributed by atoms with Crippen molar-refractivity contribution in [3.8, 4) is 11.3 Å². The molecule has 0 N–H and O–H groups in total. The van der Waals surface area contributed by atoms with E-state index in [0.717, 1.165) is 16.6 Å². The molecule has 0 spiro atoms. The molecular formula is C17H14FN. The van der Waals surface area contributed by atoms with E-state index >= 15 is 0 Å². The lowest BCUT2D eigenvalue weighted by Crippen LogP contribution is -1.88. The highest BCUT2D eigenvalue weighted by Crippen LogP contribution is 2.23. The third-order valence-electron chi connectivity index (χ3n) is 3.17. The monoisotopic (exact) mass is 251 g/mol. The smallest absolute Gasteiger partial charge is 0.125 e. The summed E-state index contributed by atoms with van der Waals surface area (Å²) in [5, 5.41) is 0.953. The normalized spacial score (nSPS) is 10.9. The van der Waals surface area contributed by atoms with Crippen molar-refractivity contribution in [3.63, 3.8) is 0 Å². The van der Waals surface area contributed by atoms with Crippen LogP contribution >= 0.6 is 0 Å². The van der Waals surface area contributed by atoms with Gasteiger partial charge in [0, 0.05) is 17.0 Å². The lowest BCUT2D eigenvalue weighted by atomic mass is 10.0. The number of pyridine rings is 1. The molecule has 0 fully saturated rings. The van der Waals surface area contributed by atoms with Crippen molar-refractivity contribution in [2.45, 2.75) is 13.8 Å². The maximum absolute atomic E-state index is 13.3. The number of rotatable bonds is 1. The fourth-order valence-electron chi connectivity index (χ4n) is 2.37. The van der Waals surface area contributed by atoms with Gasteiger partial charge < -0.3 is 0 Å². The first kappa shape index (κ1) is 11.8. The van der Waals surface area contributed by atoms with Crippen molar-refractivity contribution >= 4 is 10.9 Å². The Labute approximate surface area is 111 Å². The summed E-state index contributed by atoms with van der Waals surface area (Å²) in [6.07, 6.45) is 0. The summed E-state index contributed by atoms with van der Waals surface area (Å²) in [7, 11) is 0. The van der Waals surface area contributed by atoms with Crippen molar-refractivity contribution in [2.75, 3.05) is 0 Å². The molecule has 0 amide bonds. The molecule has 0 atom stereocenters. The minimum Gasteiger partial charge on any atom is -0.248 e. The van der Waals surface area contributed by atoms with Crippen LogP contribution in [0.25, 0.3) is 22.2 Å². The van der Waals surface area contributed by atoms with Gasteiger partial charge in [0.05, 0.1) is 11.2 Å². The van der Waals surface area contributed by atoms with Gasteiger partial charge in [-0.2, -0.15) is 0 Å². The van der Waals surface area contributed by atoms with Gasteiger partial charge >= 0.3 is 0 Å². The molecule has 94 valence electrons. The molecule has 1 aromatic heterocycles. The second kappa shape index (κ2) is 4.47. The van der Waals surface area contributed by atoms with E-state index in [1.807, 2.05) is 12.1 Å². The van der Waals surface area contributed by atoms with Crippen LogP contribution in [0.1, 0.15) is 11.1 Å². The third-order valence-corrected chi connectivity index (χ3v) is 3.17. The zero-order valence-electron chi connectivity index (χ0n) is 10.9. The van der Waals surface area contributed by atoms with Crippen LogP contribution in [-0.2, 0) is 0 Å². The van der Waals surface area contributed by atoms with Crippen LogP contribution in [0.2, 0.25) is 0 Å². The molecule has 3 aromatic rings. The van der Waals surface area contributed by atoms with Gasteiger partial charge in [-0.3, -0.25) is 0 Å². The van der Waals surface area contributed by atoms with Gasteiger partial charge in [0.1, 0.15) is 5.82 Å². The predicted octanol–water partition coefficient (Wildman–Crippen LogP) is 4.66. The lowest BCUT2D eigenvalue weighted by molar-refractivity contribution is 0.629. The van der Waals surface area contributed by atoms with Crippen molar-refractivity contribution < 1.29 is 4.39 Å². The molecule has 0 radical (unpaired) electrons. The first-order chi connectivity index (χ1) is 9.11. The maximum atomic E-state index is 13.3. The Bertz CT molecular complexity index is 742. The Morgan fingerprint density at radius 3 is 2.26 bits per heavy atom. The van der Waals surface area contributed by atoms with Crippen LogP contribution in [-0.4, -0.2) is 4.98 Å². The number of hydrogen-bond donors (Lipinski definition) is 0. The van der Waals surface area contributed by atoms with Crippen molar-refractivity contribution in [1.82, 2.24) is 4.98 Å². The van der Waals surface area contributed by atoms with Crippen LogP contribution in [0, 0.1) is 19.7 Å². The Balaban J connectivity index is 2.19. The average molecular weight is 251 g/mol. The molecule has 0 saturated heterocycles. The molecule has 0 bridgehead atoms. The van der Waals surface area contributed by atoms with E-state index in [4.69, 9.17) is 0 Å². The second-order valence-corrected chi connectivity index (χ2v) is 4.91. The summed E-state index contributed by atoms with van der Waals surface area (Å²) in [5.74, 6) is -0.252. The van der Waals surface area contributed by atoms with E-state index in [9.17, 15) is 4.39 Å². The average Bonchev–Trinajstić information content (AvgIpc) is 2.36. The number of fused-ring (bicyclic) bond motifs is 1. The first-order valence-electron chi connectivity index (χ1n) is 6.27. The summed E-state index contributed by atoms with van der Waals surface area (Å²) < 4.78 is 13.3. The standard InChI is InChI=1S/C17H14FN/c1-11-7-12(2)9-14(8-11)16-6-4-13-3-5-15(18)10-17(13)19-16/h3-10H,1-2H3. The van der Waals surface area contributed by atoms with Crippen LogP contribution in [0.15, 0.2) is 48.5 Å². The Kier molecular flexibility index (Phi) is 2.79. The number of aromatic nitrogens is 1. The molecule has 0 aliphatic rings. The maximum Gasteiger partial charge on any atom is 0.125 e. The van der Waals surface area contributed by atoms with Crippen molar-refractivity contribution in [2.24, 2.45) is 0 Å². The zero-order chi connectivity index (χ0) is 13.4. The number of hydrogen-bond acceptors (Lipinski definition) is 1. The molecule has 0 unspecified atom stereocenters. The molecular weight excluding hydrogens is 237 g/mol. The van der Waals surface area contributed by atoms with Crippen LogP contribution in [0.5, 0.6) is 0 Å². The molecule has 3 rings (SSSR count). The van der Waals surface area contributed by atoms with Crippen LogP contribution in [0.4, 0.5) is 4.39 Å². The lowest BCUT2D eigenvalue weighted by Gasteiger charge is -2.06. The van der Waals surface area contributed by atoms with Gasteiger partial charge in [0.15, 0.2) is 0 Å². The van der Waals surface area contributed by atoms with E-state index in [-0.39, 0.29) is 5.82 Å². The van der Waals surface area contributed by atoms with Gasteiger partial charge in [0.25, 0.3) is 0 Å². The first-order valence-corrected chi connectivity index (χ1v) is 6.27. The van der Waals surface area contributed by atoms with Crippen LogP contribution in [0.3, 0.4) is 0 Å². The highest BCUT2D eigenvalue weighted by molar-refractivity contribution is 5.81. The van der Waals surface area contributed by atoms with E-state index in [0.29, 0.717) is 5.52 Å². The van der Waals surface area contributed by atoms with Gasteiger partial charge in [-0.05, 0) is 44.2 Å². The Morgan fingerprint density at radius 1 is 0.842 bits per heavy atom. The molecule has 1 heterocycles. The van der Waals surface area contributed by atoms with E-state index in [2.05, 4.69) is 37.0 Å². The molecule has 2 heteroatoms. The molecule has 0 aliphatic carbocycles. The van der Waals surface area contributed by atoms with Gasteiger partial charge in [-0.15, -0.1) is 0 Å². The SMILES string of the molecule is Cc1cc(C)cc(-c2ccc3ccc(F)cc3n2)c1. The number of halogens is 1. The summed E-state index contributed by atoms with van der Waals surface area (Å²) in [6.45, 7) is 4.13. The van der Waals surface area contributed by atoms with Gasteiger partial charge in [-0.1, -0.05) is 23.3 Å².